The van der Waals surface area contributed by atoms with Crippen molar-refractivity contribution in [3.05, 3.63) is 84.4 Å². The predicted octanol–water partition coefficient (Wildman–Crippen LogP) is 5.15. The lowest BCUT2D eigenvalue weighted by molar-refractivity contribution is 0.102. The van der Waals surface area contributed by atoms with Crippen LogP contribution in [-0.4, -0.2) is 29.2 Å². The summed E-state index contributed by atoms with van der Waals surface area (Å²) in [5, 5.41) is 14.0. The molecule has 1 amide bonds. The van der Waals surface area contributed by atoms with E-state index in [1.54, 1.807) is 0 Å². The van der Waals surface area contributed by atoms with Crippen molar-refractivity contribution < 1.29 is 4.79 Å². The summed E-state index contributed by atoms with van der Waals surface area (Å²) in [7, 11) is 0. The van der Waals surface area contributed by atoms with Gasteiger partial charge in [-0.1, -0.05) is 42.5 Å². The minimum atomic E-state index is -0.131. The van der Waals surface area contributed by atoms with Crippen LogP contribution in [0, 0.1) is 0 Å². The lowest BCUT2D eigenvalue weighted by atomic mass is 10.1. The van der Waals surface area contributed by atoms with Crippen LogP contribution in [0.15, 0.2) is 78.9 Å². The molecule has 0 saturated carbocycles. The number of nitrogens with one attached hydrogen (secondary N) is 1. The normalized spacial score (nSPS) is 13.5. The van der Waals surface area contributed by atoms with Gasteiger partial charge in [0.15, 0.2) is 5.82 Å². The summed E-state index contributed by atoms with van der Waals surface area (Å²) in [4.78, 5) is 15.0. The van der Waals surface area contributed by atoms with Crippen molar-refractivity contribution >= 4 is 28.2 Å². The molecule has 5 heteroatoms. The molecule has 0 atom stereocenters. The van der Waals surface area contributed by atoms with Gasteiger partial charge in [0, 0.05) is 29.9 Å². The number of anilines is 2. The molecule has 5 rings (SSSR count). The number of carbonyl (C=O) groups excluding carboxylic acids is 1. The first-order valence-corrected chi connectivity index (χ1v) is 10.3. The minimum Gasteiger partial charge on any atom is -0.355 e. The second kappa shape index (κ2) is 7.95. The molecule has 148 valence electrons. The Hall–Kier alpha value is -3.73. The standard InChI is InChI=1S/C25H22N4O/c30-25(21-11-10-18-6-1-2-7-19(18)16-21)26-22-9-5-8-20(17-22)23-12-13-24(28-27-23)29-14-3-4-15-29/h1-2,5-13,16-17H,3-4,14-15H2,(H,26,30). The van der Waals surface area contributed by atoms with Crippen molar-refractivity contribution in [3.8, 4) is 11.3 Å². The highest BCUT2D eigenvalue weighted by molar-refractivity contribution is 6.06. The van der Waals surface area contributed by atoms with Gasteiger partial charge in [0.2, 0.25) is 0 Å². The lowest BCUT2D eigenvalue weighted by Crippen LogP contribution is -2.19. The van der Waals surface area contributed by atoms with Crippen LogP contribution in [-0.2, 0) is 0 Å². The minimum absolute atomic E-state index is 0.131. The van der Waals surface area contributed by atoms with E-state index in [1.165, 1.54) is 12.8 Å². The zero-order valence-corrected chi connectivity index (χ0v) is 16.6. The Morgan fingerprint density at radius 2 is 1.63 bits per heavy atom. The number of hydrogen-bond acceptors (Lipinski definition) is 4. The molecule has 3 aromatic carbocycles. The van der Waals surface area contributed by atoms with E-state index in [0.29, 0.717) is 5.56 Å². The molecule has 5 nitrogen and oxygen atoms in total. The van der Waals surface area contributed by atoms with Crippen LogP contribution in [0.2, 0.25) is 0 Å². The van der Waals surface area contributed by atoms with Crippen LogP contribution >= 0.6 is 0 Å². The number of fused-ring (bicyclic) bond motifs is 1. The van der Waals surface area contributed by atoms with E-state index < -0.39 is 0 Å². The van der Waals surface area contributed by atoms with Gasteiger partial charge < -0.3 is 10.2 Å². The summed E-state index contributed by atoms with van der Waals surface area (Å²) < 4.78 is 0. The highest BCUT2D eigenvalue weighted by Crippen LogP contribution is 2.24. The molecule has 1 aromatic heterocycles. The van der Waals surface area contributed by atoms with Gasteiger partial charge in [-0.15, -0.1) is 10.2 Å². The molecule has 1 fully saturated rings. The fourth-order valence-corrected chi connectivity index (χ4v) is 3.88. The Morgan fingerprint density at radius 1 is 0.800 bits per heavy atom. The molecule has 2 heterocycles. The SMILES string of the molecule is O=C(Nc1cccc(-c2ccc(N3CCCC3)nn2)c1)c1ccc2ccccc2c1. The van der Waals surface area contributed by atoms with Gasteiger partial charge in [-0.25, -0.2) is 0 Å². The maximum absolute atomic E-state index is 12.8. The van der Waals surface area contributed by atoms with Crippen molar-refractivity contribution in [1.29, 1.82) is 0 Å². The second-order valence-corrected chi connectivity index (χ2v) is 7.57. The summed E-state index contributed by atoms with van der Waals surface area (Å²) in [6.07, 6.45) is 2.42. The van der Waals surface area contributed by atoms with Gasteiger partial charge in [-0.2, -0.15) is 0 Å². The molecule has 1 aliphatic rings. The molecule has 30 heavy (non-hydrogen) atoms. The maximum atomic E-state index is 12.8. The van der Waals surface area contributed by atoms with Gasteiger partial charge in [-0.05, 0) is 60.0 Å². The van der Waals surface area contributed by atoms with Crippen molar-refractivity contribution in [3.63, 3.8) is 0 Å². The summed E-state index contributed by atoms with van der Waals surface area (Å²) in [6.45, 7) is 2.09. The third kappa shape index (κ3) is 3.74. The van der Waals surface area contributed by atoms with E-state index in [1.807, 2.05) is 78.9 Å². The Bertz CT molecular complexity index is 1200. The molecule has 1 aliphatic heterocycles. The van der Waals surface area contributed by atoms with E-state index in [2.05, 4.69) is 20.4 Å². The molecular weight excluding hydrogens is 372 g/mol. The second-order valence-electron chi connectivity index (χ2n) is 7.57. The Balaban J connectivity index is 1.34. The number of hydrogen-bond donors (Lipinski definition) is 1. The van der Waals surface area contributed by atoms with Gasteiger partial charge in [-0.3, -0.25) is 4.79 Å². The van der Waals surface area contributed by atoms with E-state index in [9.17, 15) is 4.79 Å². The van der Waals surface area contributed by atoms with E-state index in [4.69, 9.17) is 0 Å². The molecule has 0 bridgehead atoms. The highest BCUT2D eigenvalue weighted by atomic mass is 16.1. The average Bonchev–Trinajstić information content (AvgIpc) is 3.34. The molecule has 0 aliphatic carbocycles. The van der Waals surface area contributed by atoms with E-state index >= 15 is 0 Å². The molecular formula is C25H22N4O. The smallest absolute Gasteiger partial charge is 0.255 e. The first-order chi connectivity index (χ1) is 14.8. The number of aromatic nitrogens is 2. The Labute approximate surface area is 175 Å². The topological polar surface area (TPSA) is 58.1 Å². The Kier molecular flexibility index (Phi) is 4.85. The quantitative estimate of drug-likeness (QED) is 0.520. The summed E-state index contributed by atoms with van der Waals surface area (Å²) in [6, 6.07) is 25.5. The van der Waals surface area contributed by atoms with Crippen molar-refractivity contribution in [1.82, 2.24) is 10.2 Å². The maximum Gasteiger partial charge on any atom is 0.255 e. The van der Waals surface area contributed by atoms with Gasteiger partial charge in [0.1, 0.15) is 0 Å². The van der Waals surface area contributed by atoms with Gasteiger partial charge in [0.25, 0.3) is 5.91 Å². The van der Waals surface area contributed by atoms with E-state index in [0.717, 1.165) is 46.6 Å². The molecule has 0 radical (unpaired) electrons. The summed E-state index contributed by atoms with van der Waals surface area (Å²) in [5.41, 5.74) is 3.08. The zero-order chi connectivity index (χ0) is 20.3. The number of nitrogens with zero attached hydrogens (tertiary/aromatic N) is 3. The van der Waals surface area contributed by atoms with Crippen molar-refractivity contribution in [2.24, 2.45) is 0 Å². The fraction of sp³-hybridized carbons (Fsp3) is 0.160. The zero-order valence-electron chi connectivity index (χ0n) is 16.6. The largest absolute Gasteiger partial charge is 0.355 e. The third-order valence-electron chi connectivity index (χ3n) is 5.51. The van der Waals surface area contributed by atoms with E-state index in [-0.39, 0.29) is 5.91 Å². The number of amides is 1. The highest BCUT2D eigenvalue weighted by Gasteiger charge is 2.14. The van der Waals surface area contributed by atoms with Gasteiger partial charge in [0.05, 0.1) is 5.69 Å². The van der Waals surface area contributed by atoms with Crippen LogP contribution in [0.5, 0.6) is 0 Å². The summed E-state index contributed by atoms with van der Waals surface area (Å²) in [5.74, 6) is 0.797. The van der Waals surface area contributed by atoms with Crippen molar-refractivity contribution in [2.75, 3.05) is 23.3 Å². The first kappa shape index (κ1) is 18.3. The number of benzene rings is 3. The molecule has 1 N–H and O–H groups in total. The van der Waals surface area contributed by atoms with Crippen LogP contribution in [0.1, 0.15) is 23.2 Å². The fourth-order valence-electron chi connectivity index (χ4n) is 3.88. The van der Waals surface area contributed by atoms with Crippen LogP contribution in [0.25, 0.3) is 22.0 Å². The summed E-state index contributed by atoms with van der Waals surface area (Å²) >= 11 is 0. The number of rotatable bonds is 4. The van der Waals surface area contributed by atoms with Gasteiger partial charge >= 0.3 is 0 Å². The predicted molar refractivity (Wildman–Crippen MR) is 121 cm³/mol. The third-order valence-corrected chi connectivity index (χ3v) is 5.51. The molecule has 0 unspecified atom stereocenters. The molecule has 4 aromatic rings. The molecule has 0 spiro atoms. The Morgan fingerprint density at radius 3 is 2.43 bits per heavy atom. The average molecular weight is 394 g/mol. The van der Waals surface area contributed by atoms with Crippen LogP contribution in [0.4, 0.5) is 11.5 Å². The van der Waals surface area contributed by atoms with Crippen LogP contribution < -0.4 is 10.2 Å². The van der Waals surface area contributed by atoms with Crippen molar-refractivity contribution in [2.45, 2.75) is 12.8 Å². The van der Waals surface area contributed by atoms with Crippen LogP contribution in [0.3, 0.4) is 0 Å². The number of carbonyl (C=O) groups is 1. The first-order valence-electron chi connectivity index (χ1n) is 10.3. The molecule has 1 saturated heterocycles. The monoisotopic (exact) mass is 394 g/mol. The lowest BCUT2D eigenvalue weighted by Gasteiger charge is -2.15.